The van der Waals surface area contributed by atoms with Crippen LogP contribution in [-0.2, 0) is 0 Å². The van der Waals surface area contributed by atoms with Gasteiger partial charge in [0.05, 0.1) is 0 Å². The van der Waals surface area contributed by atoms with E-state index in [1.807, 2.05) is 12.1 Å². The van der Waals surface area contributed by atoms with Crippen molar-refractivity contribution in [3.05, 3.63) is 29.3 Å². The maximum Gasteiger partial charge on any atom is 0.0426 e. The third-order valence-electron chi connectivity index (χ3n) is 4.47. The molecule has 1 unspecified atom stereocenters. The molecule has 1 aliphatic rings. The van der Waals surface area contributed by atoms with Crippen LogP contribution in [0.1, 0.15) is 20.8 Å². The van der Waals surface area contributed by atoms with E-state index in [2.05, 4.69) is 55.3 Å². The van der Waals surface area contributed by atoms with Gasteiger partial charge in [-0.2, -0.15) is 12.6 Å². The standard InChI is InChI=1S/C17H27ClN2S/c1-17(2,3)14(13-21)12-19-7-9-20(10-8-19)16-6-4-5-15(18)11-16/h4-6,11,14,21H,7-10,12-13H2,1-3H3. The normalized spacial score (nSPS) is 18.8. The van der Waals surface area contributed by atoms with Gasteiger partial charge < -0.3 is 4.90 Å². The first-order chi connectivity index (χ1) is 9.90. The minimum absolute atomic E-state index is 0.325. The second-order valence-corrected chi connectivity index (χ2v) is 7.81. The Kier molecular flexibility index (Phi) is 5.87. The van der Waals surface area contributed by atoms with E-state index in [1.54, 1.807) is 0 Å². The van der Waals surface area contributed by atoms with Gasteiger partial charge in [0.25, 0.3) is 0 Å². The topological polar surface area (TPSA) is 6.48 Å². The number of hydrogen-bond acceptors (Lipinski definition) is 3. The van der Waals surface area contributed by atoms with Crippen LogP contribution in [0.25, 0.3) is 0 Å². The van der Waals surface area contributed by atoms with E-state index < -0.39 is 0 Å². The highest BCUT2D eigenvalue weighted by Gasteiger charge is 2.27. The molecule has 0 spiro atoms. The lowest BCUT2D eigenvalue weighted by Gasteiger charge is -2.40. The van der Waals surface area contributed by atoms with Crippen molar-refractivity contribution in [1.82, 2.24) is 4.90 Å². The summed E-state index contributed by atoms with van der Waals surface area (Å²) in [4.78, 5) is 5.00. The second-order valence-electron chi connectivity index (χ2n) is 7.01. The highest BCUT2D eigenvalue weighted by Crippen LogP contribution is 2.28. The van der Waals surface area contributed by atoms with Crippen LogP contribution in [0.2, 0.25) is 5.02 Å². The van der Waals surface area contributed by atoms with Gasteiger partial charge in [-0.1, -0.05) is 38.4 Å². The Morgan fingerprint density at radius 2 is 1.86 bits per heavy atom. The third kappa shape index (κ3) is 4.80. The van der Waals surface area contributed by atoms with Crippen molar-refractivity contribution in [1.29, 1.82) is 0 Å². The van der Waals surface area contributed by atoms with Crippen molar-refractivity contribution in [3.8, 4) is 0 Å². The smallest absolute Gasteiger partial charge is 0.0426 e. The molecule has 1 aromatic rings. The number of hydrogen-bond donors (Lipinski definition) is 1. The number of piperazine rings is 1. The summed E-state index contributed by atoms with van der Waals surface area (Å²) in [6.45, 7) is 12.5. The van der Waals surface area contributed by atoms with Crippen molar-refractivity contribution < 1.29 is 0 Å². The van der Waals surface area contributed by atoms with E-state index >= 15 is 0 Å². The Balaban J connectivity index is 1.88. The molecule has 0 bridgehead atoms. The zero-order valence-electron chi connectivity index (χ0n) is 13.3. The zero-order valence-corrected chi connectivity index (χ0v) is 15.0. The summed E-state index contributed by atoms with van der Waals surface area (Å²) in [5.41, 5.74) is 1.56. The van der Waals surface area contributed by atoms with Crippen LogP contribution in [0, 0.1) is 11.3 Å². The number of benzene rings is 1. The molecule has 0 aromatic heterocycles. The first-order valence-electron chi connectivity index (χ1n) is 7.74. The van der Waals surface area contributed by atoms with Crippen molar-refractivity contribution in [2.45, 2.75) is 20.8 Å². The van der Waals surface area contributed by atoms with Gasteiger partial charge in [0.1, 0.15) is 0 Å². The predicted octanol–water partition coefficient (Wildman–Crippen LogP) is 4.05. The molecular formula is C17H27ClN2S. The zero-order chi connectivity index (χ0) is 15.5. The minimum atomic E-state index is 0.325. The van der Waals surface area contributed by atoms with E-state index in [1.165, 1.54) is 5.69 Å². The average Bonchev–Trinajstić information content (AvgIpc) is 2.44. The highest BCUT2D eigenvalue weighted by molar-refractivity contribution is 7.80. The molecule has 0 N–H and O–H groups in total. The molecule has 2 rings (SSSR count). The fourth-order valence-corrected chi connectivity index (χ4v) is 3.63. The first-order valence-corrected chi connectivity index (χ1v) is 8.75. The largest absolute Gasteiger partial charge is 0.369 e. The highest BCUT2D eigenvalue weighted by atomic mass is 35.5. The fraction of sp³-hybridized carbons (Fsp3) is 0.647. The molecule has 1 heterocycles. The SMILES string of the molecule is CC(C)(C)C(CS)CN1CCN(c2cccc(Cl)c2)CC1. The van der Waals surface area contributed by atoms with Gasteiger partial charge in [0, 0.05) is 43.4 Å². The fourth-order valence-electron chi connectivity index (χ4n) is 2.78. The Morgan fingerprint density at radius 3 is 2.38 bits per heavy atom. The maximum absolute atomic E-state index is 6.08. The molecular weight excluding hydrogens is 300 g/mol. The number of rotatable bonds is 4. The number of thiol groups is 1. The van der Waals surface area contributed by atoms with E-state index in [0.717, 1.165) is 43.5 Å². The molecule has 0 aliphatic carbocycles. The van der Waals surface area contributed by atoms with Crippen LogP contribution in [0.15, 0.2) is 24.3 Å². The third-order valence-corrected chi connectivity index (χ3v) is 5.15. The maximum atomic E-state index is 6.08. The van der Waals surface area contributed by atoms with E-state index in [4.69, 9.17) is 11.6 Å². The molecule has 0 saturated carbocycles. The van der Waals surface area contributed by atoms with Gasteiger partial charge in [-0.05, 0) is 35.3 Å². The monoisotopic (exact) mass is 326 g/mol. The molecule has 1 atom stereocenters. The lowest BCUT2D eigenvalue weighted by atomic mass is 9.81. The quantitative estimate of drug-likeness (QED) is 0.834. The molecule has 1 aromatic carbocycles. The summed E-state index contributed by atoms with van der Waals surface area (Å²) >= 11 is 10.6. The number of halogens is 1. The lowest BCUT2D eigenvalue weighted by molar-refractivity contribution is 0.159. The average molecular weight is 327 g/mol. The summed E-state index contributed by atoms with van der Waals surface area (Å²) in [7, 11) is 0. The van der Waals surface area contributed by atoms with Crippen molar-refractivity contribution in [2.24, 2.45) is 11.3 Å². The van der Waals surface area contributed by atoms with Crippen LogP contribution in [0.4, 0.5) is 5.69 Å². The van der Waals surface area contributed by atoms with Gasteiger partial charge in [0.15, 0.2) is 0 Å². The van der Waals surface area contributed by atoms with Crippen LogP contribution in [-0.4, -0.2) is 43.4 Å². The van der Waals surface area contributed by atoms with Crippen LogP contribution in [0.3, 0.4) is 0 Å². The van der Waals surface area contributed by atoms with Crippen molar-refractivity contribution in [3.63, 3.8) is 0 Å². The predicted molar refractivity (Wildman–Crippen MR) is 96.9 cm³/mol. The summed E-state index contributed by atoms with van der Waals surface area (Å²) in [6.07, 6.45) is 0. The van der Waals surface area contributed by atoms with Gasteiger partial charge in [-0.25, -0.2) is 0 Å². The summed E-state index contributed by atoms with van der Waals surface area (Å²) in [6, 6.07) is 8.17. The van der Waals surface area contributed by atoms with Gasteiger partial charge in [0.2, 0.25) is 0 Å². The van der Waals surface area contributed by atoms with Gasteiger partial charge in [-0.3, -0.25) is 4.90 Å². The van der Waals surface area contributed by atoms with E-state index in [9.17, 15) is 0 Å². The summed E-state index contributed by atoms with van der Waals surface area (Å²) in [5.74, 6) is 1.59. The van der Waals surface area contributed by atoms with Gasteiger partial charge >= 0.3 is 0 Å². The Bertz CT molecular complexity index is 450. The van der Waals surface area contributed by atoms with E-state index in [-0.39, 0.29) is 0 Å². The van der Waals surface area contributed by atoms with Crippen LogP contribution < -0.4 is 4.90 Å². The number of anilines is 1. The molecule has 118 valence electrons. The Morgan fingerprint density at radius 1 is 1.19 bits per heavy atom. The number of nitrogens with zero attached hydrogens (tertiary/aromatic N) is 2. The molecule has 1 fully saturated rings. The summed E-state index contributed by atoms with van der Waals surface area (Å²) in [5, 5.41) is 0.817. The molecule has 1 saturated heterocycles. The van der Waals surface area contributed by atoms with Gasteiger partial charge in [-0.15, -0.1) is 0 Å². The van der Waals surface area contributed by atoms with Crippen LogP contribution in [0.5, 0.6) is 0 Å². The molecule has 1 aliphatic heterocycles. The first kappa shape index (κ1) is 17.0. The molecule has 2 nitrogen and oxygen atoms in total. The minimum Gasteiger partial charge on any atom is -0.369 e. The van der Waals surface area contributed by atoms with E-state index in [0.29, 0.717) is 11.3 Å². The molecule has 0 amide bonds. The van der Waals surface area contributed by atoms with Crippen molar-refractivity contribution in [2.75, 3.05) is 43.4 Å². The molecule has 4 heteroatoms. The molecule has 0 radical (unpaired) electrons. The Labute approximate surface area is 139 Å². The lowest BCUT2D eigenvalue weighted by Crippen LogP contribution is -2.49. The van der Waals surface area contributed by atoms with Crippen LogP contribution >= 0.6 is 24.2 Å². The summed E-state index contributed by atoms with van der Waals surface area (Å²) < 4.78 is 0. The Hall–Kier alpha value is -0.380. The second kappa shape index (κ2) is 7.26. The molecule has 21 heavy (non-hydrogen) atoms. The van der Waals surface area contributed by atoms with Crippen molar-refractivity contribution >= 4 is 29.9 Å².